The van der Waals surface area contributed by atoms with Gasteiger partial charge in [-0.05, 0) is 48.6 Å². The number of hydrogen-bond acceptors (Lipinski definition) is 4. The van der Waals surface area contributed by atoms with E-state index in [1.54, 1.807) is 0 Å². The molecule has 140 valence electrons. The van der Waals surface area contributed by atoms with E-state index < -0.39 is 24.1 Å². The molecule has 2 N–H and O–H groups in total. The highest BCUT2D eigenvalue weighted by atomic mass is 19.3. The molecule has 6 nitrogen and oxygen atoms in total. The van der Waals surface area contributed by atoms with Gasteiger partial charge in [0.15, 0.2) is 11.6 Å². The molecule has 1 aliphatic carbocycles. The fraction of sp³-hybridized carbons (Fsp3) is 0.278. The second-order valence-electron chi connectivity index (χ2n) is 6.32. The van der Waals surface area contributed by atoms with Gasteiger partial charge in [0.25, 0.3) is 5.91 Å². The number of fused-ring (bicyclic) bond motifs is 1. The first-order valence-corrected chi connectivity index (χ1v) is 8.38. The van der Waals surface area contributed by atoms with Gasteiger partial charge in [0, 0.05) is 17.7 Å². The van der Waals surface area contributed by atoms with Crippen molar-refractivity contribution in [2.24, 2.45) is 0 Å². The average molecular weight is 376 g/mol. The van der Waals surface area contributed by atoms with Crippen molar-refractivity contribution in [3.05, 3.63) is 52.8 Å². The number of aromatic nitrogens is 3. The van der Waals surface area contributed by atoms with Gasteiger partial charge < -0.3 is 10.1 Å². The molecular weight excluding hydrogens is 361 g/mol. The quantitative estimate of drug-likeness (QED) is 0.690. The van der Waals surface area contributed by atoms with Gasteiger partial charge in [0.1, 0.15) is 5.52 Å². The average Bonchev–Trinajstić information content (AvgIpc) is 3.37. The summed E-state index contributed by atoms with van der Waals surface area (Å²) in [5, 5.41) is 13.4. The zero-order valence-electron chi connectivity index (χ0n) is 14.0. The Morgan fingerprint density at radius 3 is 2.81 bits per heavy atom. The molecule has 0 atom stereocenters. The summed E-state index contributed by atoms with van der Waals surface area (Å²) in [5.74, 6) is -1.72. The van der Waals surface area contributed by atoms with Crippen LogP contribution in [0.3, 0.4) is 0 Å². The maximum absolute atomic E-state index is 13.8. The number of amides is 1. The Bertz CT molecular complexity index is 1000. The number of nitrogens with one attached hydrogen (secondary N) is 2. The predicted octanol–water partition coefficient (Wildman–Crippen LogP) is 3.51. The van der Waals surface area contributed by atoms with E-state index in [1.807, 2.05) is 12.1 Å². The lowest BCUT2D eigenvalue weighted by Crippen LogP contribution is -2.23. The number of carbonyl (C=O) groups is 1. The standard InChI is InChI=1S/C18H15F3N4O2/c19-13-7-10(3-6-15(13)27-18(20)21)17(26)22-8-12-11(9-1-2-9)4-5-14-16(12)24-25-23-14/h3-7,9,18H,1-2,8H2,(H,22,26)(H,23,24,25). The molecular formula is C18H15F3N4O2. The zero-order valence-corrected chi connectivity index (χ0v) is 14.0. The molecule has 1 aliphatic rings. The topological polar surface area (TPSA) is 79.9 Å². The number of H-pyrrole nitrogens is 1. The molecule has 3 aromatic rings. The number of benzene rings is 2. The number of halogens is 3. The SMILES string of the molecule is O=C(NCc1c(C2CC2)ccc2[nH]nnc12)c1ccc(OC(F)F)c(F)c1. The van der Waals surface area contributed by atoms with E-state index in [4.69, 9.17) is 0 Å². The van der Waals surface area contributed by atoms with Gasteiger partial charge in [0.05, 0.1) is 5.52 Å². The smallest absolute Gasteiger partial charge is 0.387 e. The number of nitrogens with zero attached hydrogens (tertiary/aromatic N) is 2. The summed E-state index contributed by atoms with van der Waals surface area (Å²) in [6.07, 6.45) is 2.17. The third kappa shape index (κ3) is 3.57. The van der Waals surface area contributed by atoms with Gasteiger partial charge in [-0.3, -0.25) is 9.89 Å². The number of hydrogen-bond donors (Lipinski definition) is 2. The molecule has 0 spiro atoms. The van der Waals surface area contributed by atoms with Crippen molar-refractivity contribution in [1.29, 1.82) is 0 Å². The Balaban J connectivity index is 1.53. The summed E-state index contributed by atoms with van der Waals surface area (Å²) >= 11 is 0. The van der Waals surface area contributed by atoms with Crippen molar-refractivity contribution in [3.63, 3.8) is 0 Å². The number of aromatic amines is 1. The van der Waals surface area contributed by atoms with E-state index in [0.717, 1.165) is 41.6 Å². The molecule has 1 saturated carbocycles. The van der Waals surface area contributed by atoms with Crippen molar-refractivity contribution in [1.82, 2.24) is 20.7 Å². The molecule has 1 aromatic heterocycles. The van der Waals surface area contributed by atoms with Gasteiger partial charge in [-0.2, -0.15) is 8.78 Å². The van der Waals surface area contributed by atoms with E-state index in [-0.39, 0.29) is 12.1 Å². The van der Waals surface area contributed by atoms with E-state index in [1.165, 1.54) is 6.07 Å². The number of ether oxygens (including phenoxy) is 1. The Kier molecular flexibility index (Phi) is 4.43. The van der Waals surface area contributed by atoms with Crippen molar-refractivity contribution < 1.29 is 22.7 Å². The van der Waals surface area contributed by atoms with Crippen LogP contribution in [0.15, 0.2) is 30.3 Å². The minimum atomic E-state index is -3.14. The number of carbonyl (C=O) groups excluding carboxylic acids is 1. The minimum absolute atomic E-state index is 0.00872. The van der Waals surface area contributed by atoms with Crippen LogP contribution in [0.4, 0.5) is 13.2 Å². The van der Waals surface area contributed by atoms with Gasteiger partial charge in [0.2, 0.25) is 0 Å². The summed E-state index contributed by atoms with van der Waals surface area (Å²) < 4.78 is 42.2. The molecule has 0 radical (unpaired) electrons. The Morgan fingerprint density at radius 1 is 1.30 bits per heavy atom. The molecule has 0 unspecified atom stereocenters. The molecule has 2 aromatic carbocycles. The van der Waals surface area contributed by atoms with Crippen molar-refractivity contribution in [2.45, 2.75) is 31.9 Å². The summed E-state index contributed by atoms with van der Waals surface area (Å²) in [6.45, 7) is -2.94. The van der Waals surface area contributed by atoms with Crippen LogP contribution in [-0.4, -0.2) is 27.9 Å². The molecule has 27 heavy (non-hydrogen) atoms. The molecule has 1 fully saturated rings. The number of alkyl halides is 2. The van der Waals surface area contributed by atoms with Gasteiger partial charge in [-0.15, -0.1) is 5.10 Å². The lowest BCUT2D eigenvalue weighted by molar-refractivity contribution is -0.0521. The summed E-state index contributed by atoms with van der Waals surface area (Å²) in [4.78, 5) is 12.4. The van der Waals surface area contributed by atoms with Gasteiger partial charge in [-0.25, -0.2) is 4.39 Å². The lowest BCUT2D eigenvalue weighted by atomic mass is 10.0. The van der Waals surface area contributed by atoms with Crippen molar-refractivity contribution in [2.75, 3.05) is 0 Å². The highest BCUT2D eigenvalue weighted by Crippen LogP contribution is 2.42. The maximum Gasteiger partial charge on any atom is 0.387 e. The van der Waals surface area contributed by atoms with Crippen LogP contribution in [0.25, 0.3) is 11.0 Å². The van der Waals surface area contributed by atoms with Crippen molar-refractivity contribution in [3.8, 4) is 5.75 Å². The Hall–Kier alpha value is -3.10. The monoisotopic (exact) mass is 376 g/mol. The van der Waals surface area contributed by atoms with Gasteiger partial charge in [-0.1, -0.05) is 11.3 Å². The van der Waals surface area contributed by atoms with E-state index in [0.29, 0.717) is 11.4 Å². The predicted molar refractivity (Wildman–Crippen MR) is 90.1 cm³/mol. The van der Waals surface area contributed by atoms with Crippen LogP contribution in [0, 0.1) is 5.82 Å². The molecule has 1 heterocycles. The largest absolute Gasteiger partial charge is 0.432 e. The Morgan fingerprint density at radius 2 is 2.11 bits per heavy atom. The van der Waals surface area contributed by atoms with E-state index in [2.05, 4.69) is 25.5 Å². The fourth-order valence-electron chi connectivity index (χ4n) is 3.05. The molecule has 0 bridgehead atoms. The lowest BCUT2D eigenvalue weighted by Gasteiger charge is -2.11. The second kappa shape index (κ2) is 6.90. The van der Waals surface area contributed by atoms with Gasteiger partial charge >= 0.3 is 6.61 Å². The van der Waals surface area contributed by atoms with Crippen LogP contribution in [0.2, 0.25) is 0 Å². The first-order valence-electron chi connectivity index (χ1n) is 8.38. The normalized spacial score (nSPS) is 13.9. The van der Waals surface area contributed by atoms with Crippen molar-refractivity contribution >= 4 is 16.9 Å². The summed E-state index contributed by atoms with van der Waals surface area (Å²) in [6, 6.07) is 7.01. The minimum Gasteiger partial charge on any atom is -0.432 e. The molecule has 1 amide bonds. The highest BCUT2D eigenvalue weighted by Gasteiger charge is 2.27. The van der Waals surface area contributed by atoms with Crippen LogP contribution in [-0.2, 0) is 6.54 Å². The number of rotatable bonds is 6. The van der Waals surface area contributed by atoms with Crippen LogP contribution < -0.4 is 10.1 Å². The zero-order chi connectivity index (χ0) is 19.0. The third-order valence-corrected chi connectivity index (χ3v) is 4.49. The molecule has 0 saturated heterocycles. The van der Waals surface area contributed by atoms with Crippen LogP contribution in [0.1, 0.15) is 40.2 Å². The summed E-state index contributed by atoms with van der Waals surface area (Å²) in [7, 11) is 0. The third-order valence-electron chi connectivity index (χ3n) is 4.49. The fourth-order valence-corrected chi connectivity index (χ4v) is 3.05. The van der Waals surface area contributed by atoms with Crippen LogP contribution >= 0.6 is 0 Å². The molecule has 4 rings (SSSR count). The Labute approximate surface area is 151 Å². The highest BCUT2D eigenvalue weighted by molar-refractivity contribution is 5.94. The molecule has 0 aliphatic heterocycles. The first-order chi connectivity index (χ1) is 13.0. The second-order valence-corrected chi connectivity index (χ2v) is 6.32. The summed E-state index contributed by atoms with van der Waals surface area (Å²) in [5.41, 5.74) is 3.45. The van der Waals surface area contributed by atoms with E-state index >= 15 is 0 Å². The first kappa shape index (κ1) is 17.3. The van der Waals surface area contributed by atoms with E-state index in [9.17, 15) is 18.0 Å². The maximum atomic E-state index is 13.8. The van der Waals surface area contributed by atoms with Crippen LogP contribution in [0.5, 0.6) is 5.75 Å². The molecule has 9 heteroatoms.